The summed E-state index contributed by atoms with van der Waals surface area (Å²) < 4.78 is 0. The molecule has 1 aromatic carbocycles. The number of aromatic nitrogens is 1. The lowest BCUT2D eigenvalue weighted by molar-refractivity contribution is 0.101. The molecule has 0 atom stereocenters. The second-order valence-electron chi connectivity index (χ2n) is 3.48. The number of hydrogen-bond donors (Lipinski definition) is 1. The molecule has 82 valence electrons. The minimum absolute atomic E-state index is 0.0237. The first-order valence-corrected chi connectivity index (χ1v) is 5.87. The summed E-state index contributed by atoms with van der Waals surface area (Å²) in [5.41, 5.74) is 2.16. The monoisotopic (exact) mass is 232 g/mol. The highest BCUT2D eigenvalue weighted by Crippen LogP contribution is 2.09. The average Bonchev–Trinajstić information content (AvgIpc) is 2.81. The molecule has 1 heterocycles. The van der Waals surface area contributed by atoms with Gasteiger partial charge >= 0.3 is 0 Å². The van der Waals surface area contributed by atoms with Crippen LogP contribution in [0.4, 0.5) is 5.69 Å². The van der Waals surface area contributed by atoms with Gasteiger partial charge in [0, 0.05) is 17.3 Å². The van der Waals surface area contributed by atoms with Crippen LogP contribution < -0.4 is 5.32 Å². The molecule has 0 spiro atoms. The van der Waals surface area contributed by atoms with E-state index in [1.165, 1.54) is 16.9 Å². The quantitative estimate of drug-likeness (QED) is 0.824. The third kappa shape index (κ3) is 2.67. The Kier molecular flexibility index (Phi) is 3.31. The van der Waals surface area contributed by atoms with Crippen molar-refractivity contribution in [3.8, 4) is 0 Å². The van der Waals surface area contributed by atoms with Gasteiger partial charge in [0.2, 0.25) is 5.78 Å². The summed E-state index contributed by atoms with van der Waals surface area (Å²) in [6.07, 6.45) is 1.64. The number of aryl methyl sites for hydroxylation is 1. The van der Waals surface area contributed by atoms with Crippen molar-refractivity contribution in [3.63, 3.8) is 0 Å². The van der Waals surface area contributed by atoms with Crippen molar-refractivity contribution in [2.45, 2.75) is 6.92 Å². The van der Waals surface area contributed by atoms with Gasteiger partial charge in [-0.15, -0.1) is 11.3 Å². The molecule has 2 rings (SSSR count). The Bertz CT molecular complexity index is 462. The second kappa shape index (κ2) is 4.90. The highest BCUT2D eigenvalue weighted by atomic mass is 32.1. The fraction of sp³-hybridized carbons (Fsp3) is 0.167. The van der Waals surface area contributed by atoms with E-state index in [4.69, 9.17) is 0 Å². The van der Waals surface area contributed by atoms with E-state index >= 15 is 0 Å². The zero-order valence-corrected chi connectivity index (χ0v) is 9.75. The zero-order valence-electron chi connectivity index (χ0n) is 8.93. The van der Waals surface area contributed by atoms with E-state index < -0.39 is 0 Å². The van der Waals surface area contributed by atoms with Crippen molar-refractivity contribution < 1.29 is 4.79 Å². The Morgan fingerprint density at radius 2 is 2.12 bits per heavy atom. The van der Waals surface area contributed by atoms with Gasteiger partial charge in [-0.2, -0.15) is 0 Å². The number of carbonyl (C=O) groups excluding carboxylic acids is 1. The fourth-order valence-corrected chi connectivity index (χ4v) is 1.87. The minimum Gasteiger partial charge on any atom is -0.377 e. The summed E-state index contributed by atoms with van der Waals surface area (Å²) in [6, 6.07) is 7.95. The van der Waals surface area contributed by atoms with E-state index in [9.17, 15) is 4.79 Å². The van der Waals surface area contributed by atoms with E-state index in [0.717, 1.165) is 5.69 Å². The van der Waals surface area contributed by atoms with E-state index in [1.54, 1.807) is 11.6 Å². The van der Waals surface area contributed by atoms with Gasteiger partial charge in [-0.25, -0.2) is 4.98 Å². The number of hydrogen-bond acceptors (Lipinski definition) is 4. The smallest absolute Gasteiger partial charge is 0.210 e. The van der Waals surface area contributed by atoms with Crippen LogP contribution in [0.2, 0.25) is 0 Å². The standard InChI is InChI=1S/C12H12N2OS/c1-9-2-4-10(5-3-9)14-8-11(15)12-13-6-7-16-12/h2-7,14H,8H2,1H3. The van der Waals surface area contributed by atoms with Gasteiger partial charge in [-0.3, -0.25) is 4.79 Å². The van der Waals surface area contributed by atoms with E-state index in [2.05, 4.69) is 10.3 Å². The van der Waals surface area contributed by atoms with Crippen molar-refractivity contribution >= 4 is 22.8 Å². The molecule has 0 fully saturated rings. The van der Waals surface area contributed by atoms with Gasteiger partial charge in [0.1, 0.15) is 0 Å². The summed E-state index contributed by atoms with van der Waals surface area (Å²) in [5, 5.41) is 5.44. The topological polar surface area (TPSA) is 42.0 Å². The van der Waals surface area contributed by atoms with Gasteiger partial charge in [-0.1, -0.05) is 17.7 Å². The van der Waals surface area contributed by atoms with Crippen LogP contribution in [0.25, 0.3) is 0 Å². The summed E-state index contributed by atoms with van der Waals surface area (Å²) in [6.45, 7) is 2.32. The Balaban J connectivity index is 1.93. The number of benzene rings is 1. The Hall–Kier alpha value is -1.68. The molecule has 0 aliphatic carbocycles. The predicted octanol–water partition coefficient (Wildman–Crippen LogP) is 2.75. The molecule has 1 N–H and O–H groups in total. The molecule has 0 unspecified atom stereocenters. The maximum absolute atomic E-state index is 11.6. The average molecular weight is 232 g/mol. The van der Waals surface area contributed by atoms with E-state index in [1.807, 2.05) is 31.2 Å². The Labute approximate surface area is 98.2 Å². The Morgan fingerprint density at radius 3 is 2.75 bits per heavy atom. The molecule has 2 aromatic rings. The predicted molar refractivity (Wildman–Crippen MR) is 66.1 cm³/mol. The van der Waals surface area contributed by atoms with Crippen molar-refractivity contribution in [1.29, 1.82) is 0 Å². The fourth-order valence-electron chi connectivity index (χ4n) is 1.29. The van der Waals surface area contributed by atoms with Crippen molar-refractivity contribution in [2.24, 2.45) is 0 Å². The van der Waals surface area contributed by atoms with Gasteiger partial charge in [0.05, 0.1) is 6.54 Å². The number of thiazole rings is 1. The van der Waals surface area contributed by atoms with E-state index in [0.29, 0.717) is 5.01 Å². The van der Waals surface area contributed by atoms with Crippen LogP contribution in [0.5, 0.6) is 0 Å². The molecular weight excluding hydrogens is 220 g/mol. The second-order valence-corrected chi connectivity index (χ2v) is 4.37. The zero-order chi connectivity index (χ0) is 11.4. The molecule has 0 saturated carbocycles. The van der Waals surface area contributed by atoms with Gasteiger partial charge in [-0.05, 0) is 19.1 Å². The summed E-state index contributed by atoms with van der Waals surface area (Å²) in [4.78, 5) is 15.6. The molecule has 0 saturated heterocycles. The number of nitrogens with zero attached hydrogens (tertiary/aromatic N) is 1. The maximum Gasteiger partial charge on any atom is 0.210 e. The first kappa shape index (κ1) is 10.8. The first-order chi connectivity index (χ1) is 7.75. The maximum atomic E-state index is 11.6. The summed E-state index contributed by atoms with van der Waals surface area (Å²) >= 11 is 1.37. The van der Waals surface area contributed by atoms with Crippen LogP contribution in [0.1, 0.15) is 15.4 Å². The molecular formula is C12H12N2OS. The molecule has 4 heteroatoms. The molecule has 0 aliphatic heterocycles. The van der Waals surface area contributed by atoms with Gasteiger partial charge < -0.3 is 5.32 Å². The molecule has 1 aromatic heterocycles. The number of carbonyl (C=O) groups is 1. The van der Waals surface area contributed by atoms with Crippen LogP contribution in [0.3, 0.4) is 0 Å². The van der Waals surface area contributed by atoms with Gasteiger partial charge in [0.25, 0.3) is 0 Å². The van der Waals surface area contributed by atoms with Crippen LogP contribution >= 0.6 is 11.3 Å². The summed E-state index contributed by atoms with van der Waals surface area (Å²) in [7, 11) is 0. The number of ketones is 1. The lowest BCUT2D eigenvalue weighted by atomic mass is 10.2. The van der Waals surface area contributed by atoms with Crippen LogP contribution in [0.15, 0.2) is 35.8 Å². The van der Waals surface area contributed by atoms with Crippen molar-refractivity contribution in [3.05, 3.63) is 46.4 Å². The number of rotatable bonds is 4. The lowest BCUT2D eigenvalue weighted by Gasteiger charge is -2.04. The largest absolute Gasteiger partial charge is 0.377 e. The molecule has 0 amide bonds. The van der Waals surface area contributed by atoms with Crippen LogP contribution in [-0.4, -0.2) is 17.3 Å². The Morgan fingerprint density at radius 1 is 1.38 bits per heavy atom. The molecule has 3 nitrogen and oxygen atoms in total. The third-order valence-corrected chi connectivity index (χ3v) is 2.99. The SMILES string of the molecule is Cc1ccc(NCC(=O)c2nccs2)cc1. The molecule has 0 bridgehead atoms. The number of Topliss-reactive ketones (excluding diaryl/α,β-unsaturated/α-hetero) is 1. The van der Waals surface area contributed by atoms with Crippen LogP contribution in [-0.2, 0) is 0 Å². The minimum atomic E-state index is 0.0237. The van der Waals surface area contributed by atoms with Crippen LogP contribution in [0, 0.1) is 6.92 Å². The third-order valence-electron chi connectivity index (χ3n) is 2.18. The molecule has 0 radical (unpaired) electrons. The van der Waals surface area contributed by atoms with Crippen molar-refractivity contribution in [1.82, 2.24) is 4.98 Å². The number of nitrogens with one attached hydrogen (secondary N) is 1. The highest BCUT2D eigenvalue weighted by Gasteiger charge is 2.07. The summed E-state index contributed by atoms with van der Waals surface area (Å²) in [5.74, 6) is 0.0237. The lowest BCUT2D eigenvalue weighted by Crippen LogP contribution is -2.13. The van der Waals surface area contributed by atoms with E-state index in [-0.39, 0.29) is 12.3 Å². The number of anilines is 1. The first-order valence-electron chi connectivity index (χ1n) is 4.99. The van der Waals surface area contributed by atoms with Gasteiger partial charge in [0.15, 0.2) is 5.01 Å². The normalized spacial score (nSPS) is 10.1. The highest BCUT2D eigenvalue weighted by molar-refractivity contribution is 7.11. The molecule has 16 heavy (non-hydrogen) atoms. The molecule has 0 aliphatic rings. The van der Waals surface area contributed by atoms with Crippen molar-refractivity contribution in [2.75, 3.05) is 11.9 Å².